The van der Waals surface area contributed by atoms with Gasteiger partial charge >= 0.3 is 0 Å². The van der Waals surface area contributed by atoms with Gasteiger partial charge in [-0.2, -0.15) is 4.57 Å². The number of pyridine rings is 1. The summed E-state index contributed by atoms with van der Waals surface area (Å²) in [5, 5.41) is 10.6. The minimum atomic E-state index is -0.144. The van der Waals surface area contributed by atoms with Gasteiger partial charge in [-0.3, -0.25) is 4.79 Å². The number of carbonyl (C=O) groups excluding carboxylic acids is 1. The molecule has 0 amide bonds. The molecule has 3 rings (SSSR count). The van der Waals surface area contributed by atoms with Crippen LogP contribution in [0.1, 0.15) is 19.9 Å². The summed E-state index contributed by atoms with van der Waals surface area (Å²) in [4.78, 5) is 11.7. The largest absolute Gasteiger partial charge is 0.400 e. The summed E-state index contributed by atoms with van der Waals surface area (Å²) in [5.41, 5.74) is 1.10. The number of para-hydroxylation sites is 1. The minimum Gasteiger partial charge on any atom is -0.400 e. The van der Waals surface area contributed by atoms with Gasteiger partial charge in [0.2, 0.25) is 11.6 Å². The van der Waals surface area contributed by atoms with Crippen LogP contribution < -0.4 is 4.57 Å². The van der Waals surface area contributed by atoms with E-state index in [0.29, 0.717) is 0 Å². The fourth-order valence-electron chi connectivity index (χ4n) is 2.52. The number of Topliss-reactive ketones (excluding diaryl/α,β-unsaturated/α-hetero) is 1. The normalized spacial score (nSPS) is 11.8. The van der Waals surface area contributed by atoms with Crippen LogP contribution >= 0.6 is 0 Å². The van der Waals surface area contributed by atoms with Crippen LogP contribution in [0.15, 0.2) is 54.7 Å². The number of hydrogen-bond donors (Lipinski definition) is 1. The molecule has 1 heterocycles. The van der Waals surface area contributed by atoms with Crippen LogP contribution in [0.2, 0.25) is 0 Å². The minimum absolute atomic E-state index is 0.144. The van der Waals surface area contributed by atoms with Crippen molar-refractivity contribution in [2.24, 2.45) is 0 Å². The van der Waals surface area contributed by atoms with E-state index in [0.717, 1.165) is 18.0 Å². The molecule has 2 aromatic carbocycles. The summed E-state index contributed by atoms with van der Waals surface area (Å²) in [6, 6.07) is 16.4. The number of fused-ring (bicyclic) bond motifs is 3. The van der Waals surface area contributed by atoms with E-state index < -0.39 is 0 Å². The van der Waals surface area contributed by atoms with Crippen LogP contribution in [0, 0.1) is 0 Å². The molecule has 0 aliphatic carbocycles. The molecule has 0 radical (unpaired) electrons. The van der Waals surface area contributed by atoms with Crippen molar-refractivity contribution in [1.82, 2.24) is 0 Å². The lowest BCUT2D eigenvalue weighted by Crippen LogP contribution is -2.41. The Morgan fingerprint density at radius 3 is 2.24 bits per heavy atom. The average Bonchev–Trinajstić information content (AvgIpc) is 2.55. The molecule has 3 nitrogen and oxygen atoms in total. The predicted molar refractivity (Wildman–Crippen MR) is 85.2 cm³/mol. The molecule has 0 spiro atoms. The number of rotatable bonds is 2. The maximum absolute atomic E-state index is 11.7. The first-order valence-corrected chi connectivity index (χ1v) is 6.95. The Balaban J connectivity index is 0.000000774. The van der Waals surface area contributed by atoms with E-state index in [1.807, 2.05) is 31.2 Å². The summed E-state index contributed by atoms with van der Waals surface area (Å²) < 4.78 is 2.07. The predicted octanol–water partition coefficient (Wildman–Crippen LogP) is 3.04. The van der Waals surface area contributed by atoms with E-state index in [-0.39, 0.29) is 11.8 Å². The zero-order chi connectivity index (χ0) is 15.4. The van der Waals surface area contributed by atoms with Gasteiger partial charge in [-0.25, -0.2) is 0 Å². The molecule has 1 aromatic heterocycles. The van der Waals surface area contributed by atoms with Crippen molar-refractivity contribution in [1.29, 1.82) is 0 Å². The maximum Gasteiger partial charge on any atom is 0.213 e. The number of aliphatic hydroxyl groups excluding tert-OH is 1. The fourth-order valence-corrected chi connectivity index (χ4v) is 2.52. The highest BCUT2D eigenvalue weighted by Gasteiger charge is 2.22. The van der Waals surface area contributed by atoms with Gasteiger partial charge in [0, 0.05) is 37.8 Å². The number of hydrogen-bond acceptors (Lipinski definition) is 2. The number of aromatic nitrogens is 1. The molecule has 0 saturated carbocycles. The van der Waals surface area contributed by atoms with Gasteiger partial charge in [-0.1, -0.05) is 30.3 Å². The lowest BCUT2D eigenvalue weighted by atomic mass is 10.1. The first kappa shape index (κ1) is 15.1. The van der Waals surface area contributed by atoms with Crippen LogP contribution in [0.3, 0.4) is 0 Å². The molecule has 0 saturated heterocycles. The molecule has 0 fully saturated rings. The Morgan fingerprint density at radius 2 is 1.57 bits per heavy atom. The van der Waals surface area contributed by atoms with E-state index in [4.69, 9.17) is 5.11 Å². The van der Waals surface area contributed by atoms with Gasteiger partial charge < -0.3 is 5.11 Å². The summed E-state index contributed by atoms with van der Waals surface area (Å²) in [5.74, 6) is 0.172. The standard InChI is InChI=1S/C17H16NO.CH4O/c1-12(13(2)19)18-11-14-7-3-4-8-15(14)16-9-5-6-10-17(16)18;1-2/h3-12H,1-2H3;2H,1H3/q+1;. The smallest absolute Gasteiger partial charge is 0.213 e. The number of nitrogens with zero attached hydrogens (tertiary/aromatic N) is 1. The van der Waals surface area contributed by atoms with Gasteiger partial charge in [0.05, 0.1) is 5.39 Å². The van der Waals surface area contributed by atoms with Crippen LogP contribution in [0.25, 0.3) is 21.7 Å². The fraction of sp³-hybridized carbons (Fsp3) is 0.222. The summed E-state index contributed by atoms with van der Waals surface area (Å²) in [7, 11) is 1.00. The van der Waals surface area contributed by atoms with Crippen LogP contribution in [0.4, 0.5) is 0 Å². The van der Waals surface area contributed by atoms with E-state index in [1.165, 1.54) is 10.8 Å². The van der Waals surface area contributed by atoms with Gasteiger partial charge in [-0.05, 0) is 12.1 Å². The number of aliphatic hydroxyl groups is 1. The molecule has 0 aliphatic heterocycles. The highest BCUT2D eigenvalue weighted by molar-refractivity contribution is 6.03. The molecule has 1 atom stereocenters. The summed E-state index contributed by atoms with van der Waals surface area (Å²) in [6.45, 7) is 3.59. The van der Waals surface area contributed by atoms with E-state index in [1.54, 1.807) is 6.92 Å². The molecule has 1 N–H and O–H groups in total. The van der Waals surface area contributed by atoms with Crippen molar-refractivity contribution < 1.29 is 14.5 Å². The third kappa shape index (κ3) is 2.78. The van der Waals surface area contributed by atoms with Gasteiger partial charge in [0.15, 0.2) is 12.0 Å². The van der Waals surface area contributed by atoms with Crippen molar-refractivity contribution in [3.63, 3.8) is 0 Å². The topological polar surface area (TPSA) is 41.2 Å². The molecule has 0 aliphatic rings. The third-order valence-electron chi connectivity index (χ3n) is 3.72. The molecule has 3 heteroatoms. The molecule has 21 heavy (non-hydrogen) atoms. The van der Waals surface area contributed by atoms with Gasteiger partial charge in [-0.15, -0.1) is 0 Å². The zero-order valence-electron chi connectivity index (χ0n) is 12.6. The second-order valence-electron chi connectivity index (χ2n) is 4.93. The Bertz CT molecular complexity index is 780. The van der Waals surface area contributed by atoms with E-state index in [9.17, 15) is 4.79 Å². The second-order valence-corrected chi connectivity index (χ2v) is 4.93. The molecule has 3 aromatic rings. The number of carbonyl (C=O) groups is 1. The Morgan fingerprint density at radius 1 is 1.00 bits per heavy atom. The Hall–Kier alpha value is -2.26. The van der Waals surface area contributed by atoms with Crippen LogP contribution in [0.5, 0.6) is 0 Å². The molecular weight excluding hydrogens is 262 g/mol. The first-order valence-electron chi connectivity index (χ1n) is 6.95. The van der Waals surface area contributed by atoms with Crippen molar-refractivity contribution in [2.75, 3.05) is 7.11 Å². The Labute approximate surface area is 124 Å². The molecule has 1 unspecified atom stereocenters. The second kappa shape index (κ2) is 6.46. The van der Waals surface area contributed by atoms with Gasteiger partial charge in [0.25, 0.3) is 0 Å². The van der Waals surface area contributed by atoms with Gasteiger partial charge in [0.1, 0.15) is 0 Å². The SMILES string of the molecule is CC(=O)C(C)[n+]1cc2ccccc2c2ccccc21.CO. The summed E-state index contributed by atoms with van der Waals surface area (Å²) in [6.07, 6.45) is 2.07. The van der Waals surface area contributed by atoms with Crippen molar-refractivity contribution in [2.45, 2.75) is 19.9 Å². The molecule has 0 bridgehead atoms. The van der Waals surface area contributed by atoms with Crippen molar-refractivity contribution in [3.05, 3.63) is 54.7 Å². The third-order valence-corrected chi connectivity index (χ3v) is 3.72. The van der Waals surface area contributed by atoms with Crippen molar-refractivity contribution in [3.8, 4) is 0 Å². The monoisotopic (exact) mass is 282 g/mol. The maximum atomic E-state index is 11.7. The average molecular weight is 282 g/mol. The van der Waals surface area contributed by atoms with Crippen LogP contribution in [-0.4, -0.2) is 18.0 Å². The summed E-state index contributed by atoms with van der Waals surface area (Å²) >= 11 is 0. The highest BCUT2D eigenvalue weighted by atomic mass is 16.2. The van der Waals surface area contributed by atoms with Crippen molar-refractivity contribution >= 4 is 27.5 Å². The van der Waals surface area contributed by atoms with E-state index in [2.05, 4.69) is 35.0 Å². The van der Waals surface area contributed by atoms with E-state index >= 15 is 0 Å². The van der Waals surface area contributed by atoms with Crippen LogP contribution in [-0.2, 0) is 4.79 Å². The molecule has 108 valence electrons. The Kier molecular flexibility index (Phi) is 4.66. The number of benzene rings is 2. The zero-order valence-corrected chi connectivity index (χ0v) is 12.6. The first-order chi connectivity index (χ1) is 10.2. The lowest BCUT2D eigenvalue weighted by Gasteiger charge is -2.08. The highest BCUT2D eigenvalue weighted by Crippen LogP contribution is 2.23. The number of ketones is 1. The lowest BCUT2D eigenvalue weighted by molar-refractivity contribution is -0.679. The quantitative estimate of drug-likeness (QED) is 0.580. The molecular formula is C18H20NO2+.